The van der Waals surface area contributed by atoms with Gasteiger partial charge in [0.05, 0.1) is 36.8 Å². The van der Waals surface area contributed by atoms with Crippen LogP contribution < -0.4 is 10.3 Å². The van der Waals surface area contributed by atoms with E-state index in [9.17, 15) is 9.59 Å². The van der Waals surface area contributed by atoms with Crippen molar-refractivity contribution in [1.29, 1.82) is 0 Å². The summed E-state index contributed by atoms with van der Waals surface area (Å²) >= 11 is 0. The highest BCUT2D eigenvalue weighted by Crippen LogP contribution is 2.18. The van der Waals surface area contributed by atoms with Crippen LogP contribution in [0.3, 0.4) is 0 Å². The van der Waals surface area contributed by atoms with E-state index in [1.807, 2.05) is 43.3 Å². The molecule has 0 unspecified atom stereocenters. The number of esters is 1. The summed E-state index contributed by atoms with van der Waals surface area (Å²) in [6, 6.07) is 11.6. The van der Waals surface area contributed by atoms with Crippen molar-refractivity contribution in [2.45, 2.75) is 33.9 Å². The number of carbonyl (C=O) groups is 1. The maximum atomic E-state index is 12.8. The predicted molar refractivity (Wildman–Crippen MR) is 108 cm³/mol. The minimum Gasteiger partial charge on any atom is -0.488 e. The molecular weight excluding hydrogens is 370 g/mol. The second-order valence-corrected chi connectivity index (χ2v) is 6.55. The van der Waals surface area contributed by atoms with Crippen LogP contribution in [0.4, 0.5) is 0 Å². The predicted octanol–water partition coefficient (Wildman–Crippen LogP) is 3.06. The van der Waals surface area contributed by atoms with E-state index < -0.39 is 5.97 Å². The molecule has 3 rings (SSSR count). The lowest BCUT2D eigenvalue weighted by Gasteiger charge is -2.15. The van der Waals surface area contributed by atoms with Crippen molar-refractivity contribution < 1.29 is 14.3 Å². The zero-order valence-corrected chi connectivity index (χ0v) is 16.7. The summed E-state index contributed by atoms with van der Waals surface area (Å²) < 4.78 is 12.4. The van der Waals surface area contributed by atoms with E-state index in [0.29, 0.717) is 23.6 Å². The minimum absolute atomic E-state index is 0.139. The smallest absolute Gasteiger partial charge is 0.358 e. The second kappa shape index (κ2) is 9.14. The molecule has 0 spiro atoms. The van der Waals surface area contributed by atoms with Gasteiger partial charge in [0.2, 0.25) is 0 Å². The molecule has 0 N–H and O–H groups in total. The Morgan fingerprint density at radius 2 is 1.86 bits per heavy atom. The number of ether oxygens (including phenoxy) is 2. The number of hydrogen-bond donors (Lipinski definition) is 0. The largest absolute Gasteiger partial charge is 0.488 e. The number of aryl methyl sites for hydroxylation is 1. The highest BCUT2D eigenvalue weighted by molar-refractivity contribution is 5.86. The monoisotopic (exact) mass is 393 g/mol. The third-order valence-corrected chi connectivity index (χ3v) is 4.45. The van der Waals surface area contributed by atoms with Crippen LogP contribution in [0.15, 0.2) is 53.6 Å². The molecule has 0 aliphatic rings. The molecule has 2 aromatic heterocycles. The van der Waals surface area contributed by atoms with E-state index in [0.717, 1.165) is 11.3 Å². The van der Waals surface area contributed by atoms with Gasteiger partial charge in [0.1, 0.15) is 12.4 Å². The third-order valence-electron chi connectivity index (χ3n) is 4.45. The zero-order chi connectivity index (χ0) is 20.8. The molecule has 7 nitrogen and oxygen atoms in total. The Morgan fingerprint density at radius 1 is 1.10 bits per heavy atom. The van der Waals surface area contributed by atoms with E-state index in [-0.39, 0.29) is 24.4 Å². The number of pyridine rings is 1. The van der Waals surface area contributed by atoms with Gasteiger partial charge in [-0.25, -0.2) is 9.78 Å². The van der Waals surface area contributed by atoms with Gasteiger partial charge in [-0.3, -0.25) is 9.78 Å². The van der Waals surface area contributed by atoms with Crippen molar-refractivity contribution in [2.75, 3.05) is 6.61 Å². The fourth-order valence-electron chi connectivity index (χ4n) is 2.83. The van der Waals surface area contributed by atoms with Crippen LogP contribution in [0.2, 0.25) is 0 Å². The van der Waals surface area contributed by atoms with E-state index in [1.54, 1.807) is 18.4 Å². The van der Waals surface area contributed by atoms with Crippen molar-refractivity contribution in [2.24, 2.45) is 0 Å². The topological polar surface area (TPSA) is 83.3 Å². The van der Waals surface area contributed by atoms with Crippen molar-refractivity contribution >= 4 is 5.97 Å². The molecule has 0 amide bonds. The Labute approximate surface area is 169 Å². The van der Waals surface area contributed by atoms with Gasteiger partial charge in [0.25, 0.3) is 5.56 Å². The maximum Gasteiger partial charge on any atom is 0.358 e. The first-order valence-corrected chi connectivity index (χ1v) is 9.35. The van der Waals surface area contributed by atoms with Crippen LogP contribution in [0, 0.1) is 13.8 Å². The van der Waals surface area contributed by atoms with Crippen LogP contribution in [0.5, 0.6) is 5.75 Å². The molecule has 0 saturated carbocycles. The molecule has 2 heterocycles. The first-order chi connectivity index (χ1) is 14.0. The summed E-state index contributed by atoms with van der Waals surface area (Å²) in [5.41, 5.74) is 2.87. The Morgan fingerprint density at radius 3 is 2.52 bits per heavy atom. The van der Waals surface area contributed by atoms with E-state index in [4.69, 9.17) is 9.47 Å². The van der Waals surface area contributed by atoms with Crippen molar-refractivity contribution in [3.8, 4) is 5.75 Å². The lowest BCUT2D eigenvalue weighted by molar-refractivity contribution is 0.0519. The quantitative estimate of drug-likeness (QED) is 0.574. The molecule has 1 aromatic carbocycles. The highest BCUT2D eigenvalue weighted by atomic mass is 16.5. The van der Waals surface area contributed by atoms with E-state index >= 15 is 0 Å². The Balaban J connectivity index is 1.77. The third kappa shape index (κ3) is 4.87. The van der Waals surface area contributed by atoms with Gasteiger partial charge < -0.3 is 14.0 Å². The van der Waals surface area contributed by atoms with Gasteiger partial charge in [0, 0.05) is 5.69 Å². The SMILES string of the molecule is CCOC(=O)c1cnc(Cn2c(C)cc(OCc3ccccc3)c(C)c2=O)cn1. The van der Waals surface area contributed by atoms with Gasteiger partial charge in [0.15, 0.2) is 5.69 Å². The van der Waals surface area contributed by atoms with Gasteiger partial charge in [-0.05, 0) is 32.4 Å². The summed E-state index contributed by atoms with van der Waals surface area (Å²) in [4.78, 5) is 32.8. The van der Waals surface area contributed by atoms with Crippen molar-refractivity contribution in [1.82, 2.24) is 14.5 Å². The normalized spacial score (nSPS) is 10.6. The van der Waals surface area contributed by atoms with Crippen LogP contribution in [0.25, 0.3) is 0 Å². The van der Waals surface area contributed by atoms with Crippen LogP contribution in [-0.2, 0) is 17.9 Å². The fraction of sp³-hybridized carbons (Fsp3) is 0.273. The molecule has 0 bridgehead atoms. The molecule has 7 heteroatoms. The number of rotatable bonds is 7. The number of benzene rings is 1. The van der Waals surface area contributed by atoms with Crippen molar-refractivity contribution in [3.63, 3.8) is 0 Å². The minimum atomic E-state index is -0.518. The molecule has 0 saturated heterocycles. The van der Waals surface area contributed by atoms with E-state index in [2.05, 4.69) is 9.97 Å². The second-order valence-electron chi connectivity index (χ2n) is 6.55. The Bertz CT molecular complexity index is 1040. The van der Waals surface area contributed by atoms with Crippen molar-refractivity contribution in [3.05, 3.63) is 87.4 Å². The summed E-state index contributed by atoms with van der Waals surface area (Å²) in [5.74, 6) is 0.0482. The summed E-state index contributed by atoms with van der Waals surface area (Å²) in [6.07, 6.45) is 2.84. The molecule has 0 aliphatic heterocycles. The number of carbonyl (C=O) groups excluding carboxylic acids is 1. The molecule has 0 aliphatic carbocycles. The molecule has 29 heavy (non-hydrogen) atoms. The summed E-state index contributed by atoms with van der Waals surface area (Å²) in [5, 5.41) is 0. The summed E-state index contributed by atoms with van der Waals surface area (Å²) in [6.45, 7) is 6.23. The zero-order valence-electron chi connectivity index (χ0n) is 16.7. The highest BCUT2D eigenvalue weighted by Gasteiger charge is 2.13. The fourth-order valence-corrected chi connectivity index (χ4v) is 2.83. The Hall–Kier alpha value is -3.48. The van der Waals surface area contributed by atoms with Crippen LogP contribution in [-0.4, -0.2) is 27.1 Å². The standard InChI is InChI=1S/C22H23N3O4/c1-4-28-22(27)19-12-23-18(11-24-19)13-25-15(2)10-20(16(3)21(25)26)29-14-17-8-6-5-7-9-17/h5-12H,4,13-14H2,1-3H3. The van der Waals surface area contributed by atoms with Gasteiger partial charge in [-0.2, -0.15) is 0 Å². The number of aromatic nitrogens is 3. The van der Waals surface area contributed by atoms with Crippen LogP contribution in [0.1, 0.15) is 39.9 Å². The maximum absolute atomic E-state index is 12.8. The average Bonchev–Trinajstić information content (AvgIpc) is 2.74. The molecule has 3 aromatic rings. The van der Waals surface area contributed by atoms with Crippen LogP contribution >= 0.6 is 0 Å². The molecule has 0 fully saturated rings. The lowest BCUT2D eigenvalue weighted by Crippen LogP contribution is -2.26. The molecule has 150 valence electrons. The summed E-state index contributed by atoms with van der Waals surface area (Å²) in [7, 11) is 0. The first-order valence-electron chi connectivity index (χ1n) is 9.35. The molecule has 0 atom stereocenters. The number of nitrogens with zero attached hydrogens (tertiary/aromatic N) is 3. The molecular formula is C22H23N3O4. The van der Waals surface area contributed by atoms with E-state index in [1.165, 1.54) is 12.4 Å². The van der Waals surface area contributed by atoms with Gasteiger partial charge >= 0.3 is 5.97 Å². The van der Waals surface area contributed by atoms with Gasteiger partial charge in [-0.1, -0.05) is 30.3 Å². The molecule has 0 radical (unpaired) electrons. The average molecular weight is 393 g/mol. The first kappa shape index (κ1) is 20.3. The number of hydrogen-bond acceptors (Lipinski definition) is 6. The Kier molecular flexibility index (Phi) is 6.39. The lowest BCUT2D eigenvalue weighted by atomic mass is 10.2. The van der Waals surface area contributed by atoms with Gasteiger partial charge in [-0.15, -0.1) is 0 Å².